The van der Waals surface area contributed by atoms with Crippen molar-refractivity contribution in [3.63, 3.8) is 0 Å². The Morgan fingerprint density at radius 1 is 1.40 bits per heavy atom. The predicted molar refractivity (Wildman–Crippen MR) is 103 cm³/mol. The summed E-state index contributed by atoms with van der Waals surface area (Å²) in [6.07, 6.45) is 10.7. The minimum Gasteiger partial charge on any atom is -0.356 e. The van der Waals surface area contributed by atoms with Crippen molar-refractivity contribution in [1.82, 2.24) is 15.3 Å². The molecule has 2 aromatic rings. The van der Waals surface area contributed by atoms with Gasteiger partial charge in [0.25, 0.3) is 0 Å². The first-order valence-electron chi connectivity index (χ1n) is 9.58. The summed E-state index contributed by atoms with van der Waals surface area (Å²) in [5, 5.41) is 2.97. The van der Waals surface area contributed by atoms with Gasteiger partial charge in [-0.1, -0.05) is 32.4 Å². The monoisotopic (exact) mass is 339 g/mol. The highest BCUT2D eigenvalue weighted by atomic mass is 16.1. The van der Waals surface area contributed by atoms with Gasteiger partial charge in [-0.15, -0.1) is 0 Å². The number of amides is 1. The van der Waals surface area contributed by atoms with Crippen molar-refractivity contribution in [2.24, 2.45) is 11.8 Å². The summed E-state index contributed by atoms with van der Waals surface area (Å²) in [6, 6.07) is 6.29. The zero-order chi connectivity index (χ0) is 17.6. The third kappa shape index (κ3) is 4.71. The predicted octanol–water partition coefficient (Wildman–Crippen LogP) is 4.47. The molecule has 1 aromatic carbocycles. The van der Waals surface area contributed by atoms with Crippen molar-refractivity contribution in [2.45, 2.75) is 52.4 Å². The Bertz CT molecular complexity index is 747. The number of allylic oxidation sites excluding steroid dienone is 1. The minimum atomic E-state index is 0.106. The van der Waals surface area contributed by atoms with Crippen molar-refractivity contribution in [3.05, 3.63) is 35.7 Å². The van der Waals surface area contributed by atoms with Crippen LogP contribution in [0.4, 0.5) is 0 Å². The zero-order valence-corrected chi connectivity index (χ0v) is 15.3. The molecule has 4 heteroatoms. The van der Waals surface area contributed by atoms with Gasteiger partial charge in [0.1, 0.15) is 5.82 Å². The van der Waals surface area contributed by atoms with Gasteiger partial charge in [0, 0.05) is 12.5 Å². The highest BCUT2D eigenvalue weighted by Crippen LogP contribution is 2.21. The summed E-state index contributed by atoms with van der Waals surface area (Å²) in [6.45, 7) is 5.35. The van der Waals surface area contributed by atoms with E-state index in [2.05, 4.69) is 59.5 Å². The second kappa shape index (κ2) is 8.32. The average Bonchev–Trinajstić information content (AvgIpc) is 3.02. The lowest BCUT2D eigenvalue weighted by Crippen LogP contribution is -2.37. The van der Waals surface area contributed by atoms with Crippen LogP contribution in [-0.2, 0) is 11.2 Å². The molecular weight excluding hydrogens is 310 g/mol. The fraction of sp³-hybridized carbons (Fsp3) is 0.524. The Hall–Kier alpha value is -2.10. The zero-order valence-electron chi connectivity index (χ0n) is 15.3. The van der Waals surface area contributed by atoms with E-state index in [0.29, 0.717) is 0 Å². The van der Waals surface area contributed by atoms with E-state index in [1.165, 1.54) is 18.4 Å². The summed E-state index contributed by atoms with van der Waals surface area (Å²) < 4.78 is 0. The Balaban J connectivity index is 1.64. The van der Waals surface area contributed by atoms with Crippen molar-refractivity contribution >= 4 is 23.0 Å². The largest absolute Gasteiger partial charge is 0.356 e. The van der Waals surface area contributed by atoms with Crippen LogP contribution in [0.3, 0.4) is 0 Å². The molecule has 0 aliphatic carbocycles. The normalized spacial score (nSPS) is 19.4. The van der Waals surface area contributed by atoms with Crippen LogP contribution in [0.15, 0.2) is 24.3 Å². The summed E-state index contributed by atoms with van der Waals surface area (Å²) in [5.74, 6) is 1.99. The van der Waals surface area contributed by atoms with Crippen LogP contribution in [-0.4, -0.2) is 22.4 Å². The Morgan fingerprint density at radius 3 is 3.08 bits per heavy atom. The van der Waals surface area contributed by atoms with Crippen LogP contribution in [0, 0.1) is 11.8 Å². The summed E-state index contributed by atoms with van der Waals surface area (Å²) >= 11 is 0. The van der Waals surface area contributed by atoms with E-state index in [-0.39, 0.29) is 11.8 Å². The van der Waals surface area contributed by atoms with Gasteiger partial charge in [0.05, 0.1) is 11.0 Å². The number of hydrogen-bond acceptors (Lipinski definition) is 2. The second-order valence-electron chi connectivity index (χ2n) is 7.30. The van der Waals surface area contributed by atoms with E-state index in [1.807, 2.05) is 0 Å². The topological polar surface area (TPSA) is 57.8 Å². The van der Waals surface area contributed by atoms with E-state index in [0.717, 1.165) is 55.0 Å². The third-order valence-electron chi connectivity index (χ3n) is 5.24. The number of benzene rings is 1. The number of H-pyrrole nitrogens is 1. The lowest BCUT2D eigenvalue weighted by atomic mass is 9.91. The van der Waals surface area contributed by atoms with E-state index < -0.39 is 0 Å². The number of aromatic nitrogens is 2. The smallest absolute Gasteiger partial charge is 0.223 e. The van der Waals surface area contributed by atoms with E-state index >= 15 is 0 Å². The van der Waals surface area contributed by atoms with Crippen molar-refractivity contribution in [2.75, 3.05) is 6.54 Å². The second-order valence-corrected chi connectivity index (χ2v) is 7.30. The third-order valence-corrected chi connectivity index (χ3v) is 5.24. The molecule has 2 heterocycles. The molecule has 2 unspecified atom stereocenters. The standard InChI is InChI=1S/C21H29N3O/c1-3-15(2)7-4-5-9-20-23-18-11-10-16(14-19(18)24-20)13-17-8-6-12-22-21(17)25/h5,9-11,14-15,17H,3-4,6-8,12-13H2,1-2H3,(H,22,25)(H,23,24)/b9-5-. The molecule has 1 saturated heterocycles. The molecule has 0 radical (unpaired) electrons. The van der Waals surface area contributed by atoms with Crippen molar-refractivity contribution < 1.29 is 4.79 Å². The first-order valence-corrected chi connectivity index (χ1v) is 9.58. The molecular formula is C21H29N3O. The van der Waals surface area contributed by atoms with E-state index in [4.69, 9.17) is 0 Å². The van der Waals surface area contributed by atoms with Crippen LogP contribution >= 0.6 is 0 Å². The lowest BCUT2D eigenvalue weighted by Gasteiger charge is -2.21. The maximum Gasteiger partial charge on any atom is 0.223 e. The molecule has 2 N–H and O–H groups in total. The van der Waals surface area contributed by atoms with Gasteiger partial charge < -0.3 is 10.3 Å². The molecule has 25 heavy (non-hydrogen) atoms. The van der Waals surface area contributed by atoms with E-state index in [9.17, 15) is 4.79 Å². The highest BCUT2D eigenvalue weighted by molar-refractivity contribution is 5.80. The quantitative estimate of drug-likeness (QED) is 0.782. The number of fused-ring (bicyclic) bond motifs is 1. The Morgan fingerprint density at radius 2 is 2.28 bits per heavy atom. The van der Waals surface area contributed by atoms with Crippen molar-refractivity contribution in [3.8, 4) is 0 Å². The minimum absolute atomic E-state index is 0.106. The number of carbonyl (C=O) groups is 1. The Labute approximate surface area is 150 Å². The molecule has 134 valence electrons. The number of piperidine rings is 1. The molecule has 1 aliphatic rings. The summed E-state index contributed by atoms with van der Waals surface area (Å²) in [7, 11) is 0. The van der Waals surface area contributed by atoms with Crippen LogP contribution in [0.1, 0.15) is 57.3 Å². The molecule has 0 spiro atoms. The SMILES string of the molecule is CCC(C)CC/C=C\c1nc2ccc(CC3CCCNC3=O)cc2[nH]1. The van der Waals surface area contributed by atoms with Gasteiger partial charge in [-0.25, -0.2) is 4.98 Å². The molecule has 1 aromatic heterocycles. The fourth-order valence-electron chi connectivity index (χ4n) is 3.38. The van der Waals surface area contributed by atoms with Crippen LogP contribution in [0.25, 0.3) is 17.1 Å². The molecule has 0 bridgehead atoms. The first kappa shape index (κ1) is 17.7. The summed E-state index contributed by atoms with van der Waals surface area (Å²) in [5.41, 5.74) is 3.24. The van der Waals surface area contributed by atoms with Gasteiger partial charge in [0.15, 0.2) is 0 Å². The van der Waals surface area contributed by atoms with Gasteiger partial charge in [-0.3, -0.25) is 4.79 Å². The Kier molecular flexibility index (Phi) is 5.90. The van der Waals surface area contributed by atoms with E-state index in [1.54, 1.807) is 0 Å². The van der Waals surface area contributed by atoms with Crippen LogP contribution in [0.5, 0.6) is 0 Å². The maximum absolute atomic E-state index is 11.9. The number of nitrogens with zero attached hydrogens (tertiary/aromatic N) is 1. The first-order chi connectivity index (χ1) is 12.2. The summed E-state index contributed by atoms with van der Waals surface area (Å²) in [4.78, 5) is 20.0. The molecule has 3 rings (SSSR count). The molecule has 1 amide bonds. The number of carbonyl (C=O) groups excluding carboxylic acids is 1. The number of imidazole rings is 1. The lowest BCUT2D eigenvalue weighted by molar-refractivity contribution is -0.126. The molecule has 1 aliphatic heterocycles. The van der Waals surface area contributed by atoms with Crippen LogP contribution < -0.4 is 5.32 Å². The van der Waals surface area contributed by atoms with Crippen LogP contribution in [0.2, 0.25) is 0 Å². The number of rotatable bonds is 7. The maximum atomic E-state index is 11.9. The van der Waals surface area contributed by atoms with Gasteiger partial charge in [-0.05, 0) is 61.8 Å². The highest BCUT2D eigenvalue weighted by Gasteiger charge is 2.22. The average molecular weight is 339 g/mol. The number of hydrogen-bond donors (Lipinski definition) is 2. The molecule has 4 nitrogen and oxygen atoms in total. The molecule has 1 fully saturated rings. The molecule has 0 saturated carbocycles. The van der Waals surface area contributed by atoms with Gasteiger partial charge in [0.2, 0.25) is 5.91 Å². The van der Waals surface area contributed by atoms with Gasteiger partial charge in [-0.2, -0.15) is 0 Å². The number of aromatic amines is 1. The van der Waals surface area contributed by atoms with Crippen molar-refractivity contribution in [1.29, 1.82) is 0 Å². The number of nitrogens with one attached hydrogen (secondary N) is 2. The fourth-order valence-corrected chi connectivity index (χ4v) is 3.38. The molecule has 2 atom stereocenters. The van der Waals surface area contributed by atoms with Gasteiger partial charge >= 0.3 is 0 Å².